The van der Waals surface area contributed by atoms with Crippen LogP contribution < -0.4 is 5.32 Å². The van der Waals surface area contributed by atoms with E-state index in [2.05, 4.69) is 5.32 Å². The summed E-state index contributed by atoms with van der Waals surface area (Å²) in [5.74, 6) is -0.570. The number of aryl methyl sites for hydroxylation is 1. The van der Waals surface area contributed by atoms with Crippen LogP contribution in [0.2, 0.25) is 0 Å². The summed E-state index contributed by atoms with van der Waals surface area (Å²) >= 11 is 0. The van der Waals surface area contributed by atoms with Gasteiger partial charge in [-0.2, -0.15) is 0 Å². The number of amides is 1. The van der Waals surface area contributed by atoms with E-state index in [-0.39, 0.29) is 18.0 Å². The van der Waals surface area contributed by atoms with Gasteiger partial charge in [0, 0.05) is 13.0 Å². The van der Waals surface area contributed by atoms with Gasteiger partial charge >= 0.3 is 5.97 Å². The van der Waals surface area contributed by atoms with E-state index in [1.165, 1.54) is 12.3 Å². The third-order valence-electron chi connectivity index (χ3n) is 2.94. The van der Waals surface area contributed by atoms with Gasteiger partial charge in [0.25, 0.3) is 5.91 Å². The van der Waals surface area contributed by atoms with Gasteiger partial charge in [0.2, 0.25) is 0 Å². The van der Waals surface area contributed by atoms with E-state index in [1.54, 1.807) is 24.3 Å². The average Bonchev–Trinajstić information content (AvgIpc) is 2.93. The van der Waals surface area contributed by atoms with Crippen molar-refractivity contribution in [2.45, 2.75) is 19.9 Å². The minimum atomic E-state index is -0.985. The zero-order valence-corrected chi connectivity index (χ0v) is 11.1. The third-order valence-corrected chi connectivity index (χ3v) is 2.94. The van der Waals surface area contributed by atoms with Crippen molar-refractivity contribution in [1.29, 1.82) is 0 Å². The van der Waals surface area contributed by atoms with Gasteiger partial charge in [0.05, 0.1) is 17.4 Å². The Bertz CT molecular complexity index is 630. The molecule has 0 unspecified atom stereocenters. The van der Waals surface area contributed by atoms with E-state index in [1.807, 2.05) is 6.92 Å². The number of benzene rings is 1. The van der Waals surface area contributed by atoms with E-state index in [4.69, 9.17) is 9.52 Å². The molecule has 1 aromatic carbocycles. The summed E-state index contributed by atoms with van der Waals surface area (Å²) in [6.07, 6.45) is 2.13. The molecule has 0 atom stereocenters. The van der Waals surface area contributed by atoms with E-state index >= 15 is 0 Å². The number of carbonyl (C=O) groups is 2. The van der Waals surface area contributed by atoms with Crippen LogP contribution >= 0.6 is 0 Å². The van der Waals surface area contributed by atoms with Crippen molar-refractivity contribution in [2.75, 3.05) is 0 Å². The minimum Gasteiger partial charge on any atom is -0.478 e. The van der Waals surface area contributed by atoms with Crippen LogP contribution in [0.4, 0.5) is 0 Å². The van der Waals surface area contributed by atoms with Crippen molar-refractivity contribution < 1.29 is 19.1 Å². The number of carbonyl (C=O) groups excluding carboxylic acids is 1. The monoisotopic (exact) mass is 273 g/mol. The first-order chi connectivity index (χ1) is 9.61. The van der Waals surface area contributed by atoms with Crippen LogP contribution in [0.1, 0.15) is 39.0 Å². The summed E-state index contributed by atoms with van der Waals surface area (Å²) in [6.45, 7) is 2.18. The van der Waals surface area contributed by atoms with Crippen LogP contribution in [0.25, 0.3) is 0 Å². The van der Waals surface area contributed by atoms with Crippen LogP contribution in [-0.2, 0) is 13.0 Å². The molecule has 2 aromatic rings. The summed E-state index contributed by atoms with van der Waals surface area (Å²) in [6, 6.07) is 8.10. The molecule has 0 saturated carbocycles. The van der Waals surface area contributed by atoms with Crippen LogP contribution in [-0.4, -0.2) is 17.0 Å². The molecule has 2 rings (SSSR count). The summed E-state index contributed by atoms with van der Waals surface area (Å²) in [7, 11) is 0. The highest BCUT2D eigenvalue weighted by Crippen LogP contribution is 2.11. The highest BCUT2D eigenvalue weighted by Gasteiger charge is 2.13. The van der Waals surface area contributed by atoms with Crippen LogP contribution in [0.15, 0.2) is 41.0 Å². The maximum Gasteiger partial charge on any atom is 0.335 e. The number of hydrogen-bond donors (Lipinski definition) is 2. The molecule has 0 bridgehead atoms. The Morgan fingerprint density at radius 1 is 1.30 bits per heavy atom. The standard InChI is InChI=1S/C15H15NO4/c1-2-13-12(6-7-20-13)14(17)16-9-10-4-3-5-11(8-10)15(18)19/h3-8H,2,9H2,1H3,(H,16,17)(H,18,19). The molecule has 2 N–H and O–H groups in total. The highest BCUT2D eigenvalue weighted by atomic mass is 16.4. The summed E-state index contributed by atoms with van der Waals surface area (Å²) in [5.41, 5.74) is 1.45. The Balaban J connectivity index is 2.03. The second-order valence-corrected chi connectivity index (χ2v) is 4.30. The molecular weight excluding hydrogens is 258 g/mol. The van der Waals surface area contributed by atoms with Gasteiger partial charge in [0.1, 0.15) is 5.76 Å². The molecule has 104 valence electrons. The molecule has 0 saturated heterocycles. The van der Waals surface area contributed by atoms with E-state index in [0.717, 1.165) is 5.56 Å². The van der Waals surface area contributed by atoms with Gasteiger partial charge in [-0.05, 0) is 23.8 Å². The smallest absolute Gasteiger partial charge is 0.335 e. The molecule has 0 aliphatic rings. The van der Waals surface area contributed by atoms with Crippen molar-refractivity contribution in [3.05, 3.63) is 59.0 Å². The molecule has 1 aromatic heterocycles. The first-order valence-corrected chi connectivity index (χ1v) is 6.28. The number of carboxylic acids is 1. The summed E-state index contributed by atoms with van der Waals surface area (Å²) in [5, 5.41) is 11.7. The van der Waals surface area contributed by atoms with Crippen molar-refractivity contribution >= 4 is 11.9 Å². The largest absolute Gasteiger partial charge is 0.478 e. The fraction of sp³-hybridized carbons (Fsp3) is 0.200. The number of carboxylic acid groups (broad SMARTS) is 1. The Kier molecular flexibility index (Phi) is 4.20. The van der Waals surface area contributed by atoms with Gasteiger partial charge in [-0.15, -0.1) is 0 Å². The zero-order chi connectivity index (χ0) is 14.5. The first-order valence-electron chi connectivity index (χ1n) is 6.28. The lowest BCUT2D eigenvalue weighted by Gasteiger charge is -2.06. The number of nitrogens with one attached hydrogen (secondary N) is 1. The Hall–Kier alpha value is -2.56. The zero-order valence-electron chi connectivity index (χ0n) is 11.1. The van der Waals surface area contributed by atoms with Gasteiger partial charge in [-0.3, -0.25) is 4.79 Å². The number of aromatic carboxylic acids is 1. The maximum absolute atomic E-state index is 12.0. The lowest BCUT2D eigenvalue weighted by atomic mass is 10.1. The molecule has 0 spiro atoms. The molecule has 0 aliphatic heterocycles. The van der Waals surface area contributed by atoms with Crippen LogP contribution in [0.3, 0.4) is 0 Å². The Morgan fingerprint density at radius 2 is 2.10 bits per heavy atom. The fourth-order valence-electron chi connectivity index (χ4n) is 1.91. The molecule has 0 aliphatic carbocycles. The summed E-state index contributed by atoms with van der Waals surface area (Å²) < 4.78 is 5.20. The number of hydrogen-bond acceptors (Lipinski definition) is 3. The minimum absolute atomic E-state index is 0.203. The summed E-state index contributed by atoms with van der Waals surface area (Å²) in [4.78, 5) is 22.9. The molecule has 1 heterocycles. The van der Waals surface area contributed by atoms with Crippen molar-refractivity contribution in [3.8, 4) is 0 Å². The van der Waals surface area contributed by atoms with Crippen molar-refractivity contribution in [2.24, 2.45) is 0 Å². The average molecular weight is 273 g/mol. The molecule has 20 heavy (non-hydrogen) atoms. The van der Waals surface area contributed by atoms with Gasteiger partial charge in [0.15, 0.2) is 0 Å². The second kappa shape index (κ2) is 6.06. The predicted octanol–water partition coefficient (Wildman–Crippen LogP) is 2.47. The van der Waals surface area contributed by atoms with Gasteiger partial charge < -0.3 is 14.8 Å². The van der Waals surface area contributed by atoms with Gasteiger partial charge in [-0.1, -0.05) is 19.1 Å². The Morgan fingerprint density at radius 3 is 2.80 bits per heavy atom. The lowest BCUT2D eigenvalue weighted by Crippen LogP contribution is -2.23. The molecule has 0 radical (unpaired) electrons. The van der Waals surface area contributed by atoms with E-state index in [9.17, 15) is 9.59 Å². The quantitative estimate of drug-likeness (QED) is 0.877. The lowest BCUT2D eigenvalue weighted by molar-refractivity contribution is 0.0696. The van der Waals surface area contributed by atoms with E-state index in [0.29, 0.717) is 17.7 Å². The maximum atomic E-state index is 12.0. The van der Waals surface area contributed by atoms with Gasteiger partial charge in [-0.25, -0.2) is 4.79 Å². The molecule has 1 amide bonds. The predicted molar refractivity (Wildman–Crippen MR) is 72.7 cm³/mol. The topological polar surface area (TPSA) is 79.5 Å². The van der Waals surface area contributed by atoms with Crippen LogP contribution in [0.5, 0.6) is 0 Å². The first kappa shape index (κ1) is 13.9. The SMILES string of the molecule is CCc1occc1C(=O)NCc1cccc(C(=O)O)c1. The molecule has 5 heteroatoms. The van der Waals surface area contributed by atoms with E-state index < -0.39 is 5.97 Å². The van der Waals surface area contributed by atoms with Crippen LogP contribution in [0, 0.1) is 0 Å². The number of furan rings is 1. The van der Waals surface area contributed by atoms with Crippen molar-refractivity contribution in [3.63, 3.8) is 0 Å². The molecule has 0 fully saturated rings. The number of rotatable bonds is 5. The molecular formula is C15H15NO4. The second-order valence-electron chi connectivity index (χ2n) is 4.30. The Labute approximate surface area is 116 Å². The normalized spacial score (nSPS) is 10.2. The highest BCUT2D eigenvalue weighted by molar-refractivity contribution is 5.95. The molecule has 5 nitrogen and oxygen atoms in total. The fourth-order valence-corrected chi connectivity index (χ4v) is 1.91. The van der Waals surface area contributed by atoms with Crippen molar-refractivity contribution in [1.82, 2.24) is 5.32 Å². The third kappa shape index (κ3) is 3.06.